The van der Waals surface area contributed by atoms with Crippen molar-refractivity contribution in [2.45, 2.75) is 0 Å². The number of carbonyl (C=O) groups is 1. The highest BCUT2D eigenvalue weighted by Crippen LogP contribution is 2.23. The Hall–Kier alpha value is -3.34. The SMILES string of the molecule is CN(C)c1ccc(/C=N/OC(=O)Nc2cccc3ccccc23)cc1. The second-order valence-corrected chi connectivity index (χ2v) is 5.75. The predicted octanol–water partition coefficient (Wildman–Crippen LogP) is 4.49. The van der Waals surface area contributed by atoms with Gasteiger partial charge in [-0.2, -0.15) is 0 Å². The number of benzene rings is 3. The number of nitrogens with zero attached hydrogens (tertiary/aromatic N) is 2. The first-order valence-corrected chi connectivity index (χ1v) is 7.90. The molecule has 0 aliphatic rings. The molecule has 0 unspecified atom stereocenters. The van der Waals surface area contributed by atoms with Gasteiger partial charge in [-0.3, -0.25) is 10.2 Å². The van der Waals surface area contributed by atoms with Crippen molar-refractivity contribution in [1.29, 1.82) is 0 Å². The molecule has 126 valence electrons. The Morgan fingerprint density at radius 3 is 2.48 bits per heavy atom. The van der Waals surface area contributed by atoms with Crippen molar-refractivity contribution < 1.29 is 9.63 Å². The molecule has 25 heavy (non-hydrogen) atoms. The average molecular weight is 333 g/mol. The quantitative estimate of drug-likeness (QED) is 0.435. The maximum Gasteiger partial charge on any atom is 0.437 e. The van der Waals surface area contributed by atoms with Crippen molar-refractivity contribution in [3.63, 3.8) is 0 Å². The highest BCUT2D eigenvalue weighted by Gasteiger charge is 2.06. The van der Waals surface area contributed by atoms with E-state index >= 15 is 0 Å². The smallest absolute Gasteiger partial charge is 0.378 e. The van der Waals surface area contributed by atoms with Crippen LogP contribution in [-0.2, 0) is 4.84 Å². The summed E-state index contributed by atoms with van der Waals surface area (Å²) < 4.78 is 0. The van der Waals surface area contributed by atoms with E-state index in [0.29, 0.717) is 5.69 Å². The summed E-state index contributed by atoms with van der Waals surface area (Å²) in [7, 11) is 3.95. The van der Waals surface area contributed by atoms with Crippen LogP contribution in [0, 0.1) is 0 Å². The van der Waals surface area contributed by atoms with Gasteiger partial charge in [-0.05, 0) is 29.1 Å². The predicted molar refractivity (Wildman–Crippen MR) is 102 cm³/mol. The van der Waals surface area contributed by atoms with Gasteiger partial charge in [0.05, 0.1) is 11.9 Å². The Morgan fingerprint density at radius 2 is 1.72 bits per heavy atom. The van der Waals surface area contributed by atoms with Crippen LogP contribution in [0.3, 0.4) is 0 Å². The molecule has 5 nitrogen and oxygen atoms in total. The molecule has 3 rings (SSSR count). The second kappa shape index (κ2) is 7.49. The van der Waals surface area contributed by atoms with Crippen molar-refractivity contribution in [2.75, 3.05) is 24.3 Å². The van der Waals surface area contributed by atoms with Crippen LogP contribution in [0.2, 0.25) is 0 Å². The van der Waals surface area contributed by atoms with Crippen molar-refractivity contribution >= 4 is 34.5 Å². The Morgan fingerprint density at radius 1 is 1.00 bits per heavy atom. The maximum atomic E-state index is 11.9. The third-order valence-electron chi connectivity index (χ3n) is 3.77. The van der Waals surface area contributed by atoms with Gasteiger partial charge in [0.1, 0.15) is 0 Å². The highest BCUT2D eigenvalue weighted by molar-refractivity contribution is 6.00. The number of hydrogen-bond acceptors (Lipinski definition) is 4. The zero-order valence-electron chi connectivity index (χ0n) is 14.1. The lowest BCUT2D eigenvalue weighted by Crippen LogP contribution is -2.11. The van der Waals surface area contributed by atoms with E-state index in [2.05, 4.69) is 10.5 Å². The molecule has 0 spiro atoms. The number of nitrogens with one attached hydrogen (secondary N) is 1. The van der Waals surface area contributed by atoms with E-state index in [9.17, 15) is 4.79 Å². The van der Waals surface area contributed by atoms with Crippen LogP contribution in [0.25, 0.3) is 10.8 Å². The molecule has 0 aliphatic heterocycles. The van der Waals surface area contributed by atoms with Gasteiger partial charge >= 0.3 is 6.09 Å². The third-order valence-corrected chi connectivity index (χ3v) is 3.77. The summed E-state index contributed by atoms with van der Waals surface area (Å²) in [5.41, 5.74) is 2.63. The zero-order valence-corrected chi connectivity index (χ0v) is 14.1. The molecular formula is C20H19N3O2. The molecule has 3 aromatic rings. The molecule has 3 aromatic carbocycles. The number of carbonyl (C=O) groups excluding carboxylic acids is 1. The Kier molecular flexibility index (Phi) is 4.95. The van der Waals surface area contributed by atoms with Gasteiger partial charge in [0.15, 0.2) is 0 Å². The Labute approximate surface area is 146 Å². The fourth-order valence-corrected chi connectivity index (χ4v) is 2.46. The van der Waals surface area contributed by atoms with Crippen molar-refractivity contribution in [3.8, 4) is 0 Å². The van der Waals surface area contributed by atoms with Gasteiger partial charge in [0.25, 0.3) is 0 Å². The average Bonchev–Trinajstić information content (AvgIpc) is 2.62. The lowest BCUT2D eigenvalue weighted by atomic mass is 10.1. The summed E-state index contributed by atoms with van der Waals surface area (Å²) in [6.07, 6.45) is 0.875. The van der Waals surface area contributed by atoms with Crippen molar-refractivity contribution in [2.24, 2.45) is 5.16 Å². The lowest BCUT2D eigenvalue weighted by molar-refractivity contribution is 0.167. The van der Waals surface area contributed by atoms with Gasteiger partial charge in [-0.1, -0.05) is 53.7 Å². The topological polar surface area (TPSA) is 53.9 Å². The molecule has 0 aliphatic carbocycles. The Bertz CT molecular complexity index is 897. The summed E-state index contributed by atoms with van der Waals surface area (Å²) in [5, 5.41) is 8.45. The first-order valence-electron chi connectivity index (χ1n) is 7.90. The van der Waals surface area contributed by atoms with Crippen LogP contribution in [-0.4, -0.2) is 26.4 Å². The summed E-state index contributed by atoms with van der Waals surface area (Å²) in [4.78, 5) is 18.8. The van der Waals surface area contributed by atoms with Gasteiger partial charge in [0, 0.05) is 25.2 Å². The van der Waals surface area contributed by atoms with E-state index in [1.54, 1.807) is 0 Å². The molecular weight excluding hydrogens is 314 g/mol. The van der Waals surface area contributed by atoms with Gasteiger partial charge in [0.2, 0.25) is 0 Å². The molecule has 0 bridgehead atoms. The standard InChI is InChI=1S/C20H19N3O2/c1-23(2)17-12-10-15(11-13-17)14-21-25-20(24)22-19-9-5-7-16-6-3-4-8-18(16)19/h3-14H,1-2H3,(H,22,24)/b21-14+. The second-order valence-electron chi connectivity index (χ2n) is 5.75. The maximum absolute atomic E-state index is 11.9. The van der Waals surface area contributed by atoms with E-state index < -0.39 is 6.09 Å². The molecule has 0 saturated carbocycles. The van der Waals surface area contributed by atoms with Gasteiger partial charge < -0.3 is 4.90 Å². The summed E-state index contributed by atoms with van der Waals surface area (Å²) in [5.74, 6) is 0. The molecule has 1 amide bonds. The lowest BCUT2D eigenvalue weighted by Gasteiger charge is -2.11. The summed E-state index contributed by atoms with van der Waals surface area (Å²) in [6.45, 7) is 0. The Balaban J connectivity index is 1.62. The fraction of sp³-hybridized carbons (Fsp3) is 0.100. The number of rotatable bonds is 4. The first-order chi connectivity index (χ1) is 12.1. The van der Waals surface area contributed by atoms with Gasteiger partial charge in [-0.25, -0.2) is 4.79 Å². The van der Waals surface area contributed by atoms with E-state index in [0.717, 1.165) is 22.0 Å². The first kappa shape index (κ1) is 16.5. The highest BCUT2D eigenvalue weighted by atomic mass is 16.7. The van der Waals surface area contributed by atoms with Crippen LogP contribution >= 0.6 is 0 Å². The normalized spacial score (nSPS) is 10.8. The van der Waals surface area contributed by atoms with Crippen LogP contribution in [0.15, 0.2) is 71.9 Å². The van der Waals surface area contributed by atoms with Crippen LogP contribution in [0.4, 0.5) is 16.2 Å². The van der Waals surface area contributed by atoms with E-state index in [1.165, 1.54) is 6.21 Å². The molecule has 1 N–H and O–H groups in total. The van der Waals surface area contributed by atoms with E-state index in [-0.39, 0.29) is 0 Å². The molecule has 0 aromatic heterocycles. The van der Waals surface area contributed by atoms with Gasteiger partial charge in [-0.15, -0.1) is 0 Å². The molecule has 0 saturated heterocycles. The fourth-order valence-electron chi connectivity index (χ4n) is 2.46. The number of anilines is 2. The minimum absolute atomic E-state index is 0.627. The molecule has 0 radical (unpaired) electrons. The molecule has 0 fully saturated rings. The van der Waals surface area contributed by atoms with Crippen LogP contribution in [0.1, 0.15) is 5.56 Å². The monoisotopic (exact) mass is 333 g/mol. The number of hydrogen-bond donors (Lipinski definition) is 1. The minimum Gasteiger partial charge on any atom is -0.378 e. The molecule has 5 heteroatoms. The number of fused-ring (bicyclic) bond motifs is 1. The van der Waals surface area contributed by atoms with Crippen LogP contribution in [0.5, 0.6) is 0 Å². The minimum atomic E-state index is -0.627. The van der Waals surface area contributed by atoms with Crippen LogP contribution < -0.4 is 10.2 Å². The van der Waals surface area contributed by atoms with E-state index in [4.69, 9.17) is 4.84 Å². The molecule has 0 heterocycles. The van der Waals surface area contributed by atoms with E-state index in [1.807, 2.05) is 85.7 Å². The summed E-state index contributed by atoms with van der Waals surface area (Å²) >= 11 is 0. The number of oxime groups is 1. The zero-order chi connectivity index (χ0) is 17.6. The third kappa shape index (κ3) is 4.14. The summed E-state index contributed by atoms with van der Waals surface area (Å²) in [6, 6.07) is 21.3. The van der Waals surface area contributed by atoms with Crippen molar-refractivity contribution in [1.82, 2.24) is 0 Å². The largest absolute Gasteiger partial charge is 0.437 e. The van der Waals surface area contributed by atoms with Crippen molar-refractivity contribution in [3.05, 3.63) is 72.3 Å². The number of amides is 1. The molecule has 0 atom stereocenters.